The van der Waals surface area contributed by atoms with Crippen LogP contribution in [0.4, 0.5) is 0 Å². The lowest BCUT2D eigenvalue weighted by molar-refractivity contribution is 0.0653. The second-order valence-corrected chi connectivity index (χ2v) is 6.67. The molecule has 0 spiro atoms. The Hall–Kier alpha value is -1.37. The van der Waals surface area contributed by atoms with E-state index in [-0.39, 0.29) is 0 Å². The summed E-state index contributed by atoms with van der Waals surface area (Å²) < 4.78 is 11.5. The van der Waals surface area contributed by atoms with Crippen molar-refractivity contribution < 1.29 is 9.15 Å². The molecule has 0 radical (unpaired) electrons. The van der Waals surface area contributed by atoms with Gasteiger partial charge in [0.25, 0.3) is 0 Å². The van der Waals surface area contributed by atoms with Crippen LogP contribution in [0.1, 0.15) is 29.9 Å². The zero-order valence-electron chi connectivity index (χ0n) is 13.7. The van der Waals surface area contributed by atoms with Gasteiger partial charge in [-0.15, -0.1) is 0 Å². The van der Waals surface area contributed by atoms with Gasteiger partial charge in [0.15, 0.2) is 5.16 Å². The molecular weight excluding hydrogens is 310 g/mol. The highest BCUT2D eigenvalue weighted by Gasteiger charge is 2.20. The smallest absolute Gasteiger partial charge is 0.187 e. The van der Waals surface area contributed by atoms with Gasteiger partial charge in [0, 0.05) is 37.7 Å². The second kappa shape index (κ2) is 7.95. The predicted molar refractivity (Wildman–Crippen MR) is 90.3 cm³/mol. The molecule has 124 valence electrons. The third kappa shape index (κ3) is 4.80. The van der Waals surface area contributed by atoms with E-state index in [1.807, 2.05) is 37.7 Å². The van der Waals surface area contributed by atoms with Crippen LogP contribution in [0.5, 0.6) is 0 Å². The maximum atomic E-state index is 5.79. The van der Waals surface area contributed by atoms with Gasteiger partial charge in [0.2, 0.25) is 0 Å². The van der Waals surface area contributed by atoms with Crippen LogP contribution in [0.15, 0.2) is 34.1 Å². The molecule has 2 aromatic heterocycles. The monoisotopic (exact) mass is 333 g/mol. The van der Waals surface area contributed by atoms with Crippen molar-refractivity contribution in [3.8, 4) is 0 Å². The third-order valence-electron chi connectivity index (χ3n) is 3.93. The summed E-state index contributed by atoms with van der Waals surface area (Å²) in [7, 11) is 0. The second-order valence-electron chi connectivity index (χ2n) is 5.90. The Morgan fingerprint density at radius 1 is 1.26 bits per heavy atom. The van der Waals surface area contributed by atoms with Gasteiger partial charge in [-0.1, -0.05) is 11.8 Å². The summed E-state index contributed by atoms with van der Waals surface area (Å²) in [4.78, 5) is 11.1. The van der Waals surface area contributed by atoms with Crippen molar-refractivity contribution in [3.05, 3.63) is 41.6 Å². The van der Waals surface area contributed by atoms with Crippen molar-refractivity contribution in [2.24, 2.45) is 0 Å². The molecule has 23 heavy (non-hydrogen) atoms. The summed E-state index contributed by atoms with van der Waals surface area (Å²) in [5.74, 6) is 1.94. The topological polar surface area (TPSA) is 51.4 Å². The molecule has 0 saturated carbocycles. The van der Waals surface area contributed by atoms with Crippen molar-refractivity contribution >= 4 is 11.8 Å². The number of rotatable bonds is 7. The molecule has 0 amide bonds. The highest BCUT2D eigenvalue weighted by molar-refractivity contribution is 7.98. The first-order valence-electron chi connectivity index (χ1n) is 7.97. The maximum absolute atomic E-state index is 5.79. The van der Waals surface area contributed by atoms with E-state index in [1.165, 1.54) is 0 Å². The third-order valence-corrected chi connectivity index (χ3v) is 4.51. The van der Waals surface area contributed by atoms with E-state index in [2.05, 4.69) is 14.9 Å². The van der Waals surface area contributed by atoms with Crippen LogP contribution in [0, 0.1) is 6.92 Å². The lowest BCUT2D eigenvalue weighted by atomic mass is 10.2. The van der Waals surface area contributed by atoms with Crippen LogP contribution < -0.4 is 0 Å². The first kappa shape index (κ1) is 16.5. The van der Waals surface area contributed by atoms with Crippen LogP contribution in [-0.2, 0) is 17.8 Å². The average molecular weight is 333 g/mol. The molecule has 3 rings (SSSR count). The highest BCUT2D eigenvalue weighted by atomic mass is 32.2. The Morgan fingerprint density at radius 2 is 2.09 bits per heavy atom. The molecule has 0 aliphatic carbocycles. The molecule has 1 atom stereocenters. The van der Waals surface area contributed by atoms with Gasteiger partial charge in [-0.3, -0.25) is 4.90 Å². The molecule has 5 nitrogen and oxygen atoms in total. The van der Waals surface area contributed by atoms with Crippen molar-refractivity contribution in [3.63, 3.8) is 0 Å². The normalized spacial score (nSPS) is 18.0. The van der Waals surface area contributed by atoms with Gasteiger partial charge < -0.3 is 9.15 Å². The summed E-state index contributed by atoms with van der Waals surface area (Å²) in [6.45, 7) is 5.34. The fourth-order valence-electron chi connectivity index (χ4n) is 2.84. The Bertz CT molecular complexity index is 609. The van der Waals surface area contributed by atoms with Crippen molar-refractivity contribution in [1.29, 1.82) is 0 Å². The first-order chi connectivity index (χ1) is 11.2. The van der Waals surface area contributed by atoms with E-state index in [0.717, 1.165) is 61.3 Å². The van der Waals surface area contributed by atoms with Gasteiger partial charge in [-0.25, -0.2) is 9.97 Å². The summed E-state index contributed by atoms with van der Waals surface area (Å²) in [5, 5.41) is 0.807. The van der Waals surface area contributed by atoms with Gasteiger partial charge in [0.1, 0.15) is 11.5 Å². The average Bonchev–Trinajstić information content (AvgIpc) is 3.20. The van der Waals surface area contributed by atoms with Crippen LogP contribution in [-0.4, -0.2) is 40.4 Å². The van der Waals surface area contributed by atoms with Gasteiger partial charge >= 0.3 is 0 Å². The number of thioether (sulfide) groups is 1. The molecule has 1 aliphatic rings. The van der Waals surface area contributed by atoms with Gasteiger partial charge in [0.05, 0.1) is 12.6 Å². The van der Waals surface area contributed by atoms with E-state index in [4.69, 9.17) is 9.15 Å². The van der Waals surface area contributed by atoms with Crippen LogP contribution in [0.2, 0.25) is 0 Å². The largest absolute Gasteiger partial charge is 0.465 e. The first-order valence-corrected chi connectivity index (χ1v) is 9.19. The number of aryl methyl sites for hydroxylation is 1. The molecule has 0 N–H and O–H groups in total. The van der Waals surface area contributed by atoms with E-state index >= 15 is 0 Å². The molecule has 1 unspecified atom stereocenters. The Balaban J connectivity index is 1.67. The molecule has 6 heteroatoms. The fourth-order valence-corrected chi connectivity index (χ4v) is 3.16. The van der Waals surface area contributed by atoms with E-state index in [1.54, 1.807) is 11.8 Å². The van der Waals surface area contributed by atoms with E-state index in [9.17, 15) is 0 Å². The maximum Gasteiger partial charge on any atom is 0.187 e. The quantitative estimate of drug-likeness (QED) is 0.572. The van der Waals surface area contributed by atoms with Gasteiger partial charge in [-0.05, 0) is 38.2 Å². The zero-order valence-corrected chi connectivity index (χ0v) is 14.5. The summed E-state index contributed by atoms with van der Waals surface area (Å²) in [6.07, 6.45) is 8.42. The number of ether oxygens (including phenoxy) is 1. The number of furan rings is 1. The number of nitrogens with zero attached hydrogens (tertiary/aromatic N) is 3. The standard InChI is InChI=1S/C17H23N3O2S/c1-13-5-6-16(22-13)12-20(11-15-4-3-7-21-15)10-14-8-18-17(23-2)19-9-14/h5-6,8-9,15H,3-4,7,10-12H2,1-2H3. The lowest BCUT2D eigenvalue weighted by Gasteiger charge is -2.24. The minimum absolute atomic E-state index is 0.317. The summed E-state index contributed by atoms with van der Waals surface area (Å²) >= 11 is 1.56. The van der Waals surface area contributed by atoms with Crippen molar-refractivity contribution in [2.45, 2.75) is 44.1 Å². The van der Waals surface area contributed by atoms with E-state index < -0.39 is 0 Å². The number of aromatic nitrogens is 2. The molecule has 1 aliphatic heterocycles. The molecule has 3 heterocycles. The minimum atomic E-state index is 0.317. The minimum Gasteiger partial charge on any atom is -0.465 e. The lowest BCUT2D eigenvalue weighted by Crippen LogP contribution is -2.31. The Kier molecular flexibility index (Phi) is 5.70. The highest BCUT2D eigenvalue weighted by Crippen LogP contribution is 2.18. The molecular formula is C17H23N3O2S. The van der Waals surface area contributed by atoms with Gasteiger partial charge in [-0.2, -0.15) is 0 Å². The van der Waals surface area contributed by atoms with Crippen LogP contribution in [0.25, 0.3) is 0 Å². The predicted octanol–water partition coefficient (Wildman–Crippen LogP) is 3.28. The Labute approximate surface area is 141 Å². The Morgan fingerprint density at radius 3 is 2.70 bits per heavy atom. The molecule has 1 saturated heterocycles. The SMILES string of the molecule is CSc1ncc(CN(Cc2ccc(C)o2)CC2CCCO2)cn1. The molecule has 0 bridgehead atoms. The van der Waals surface area contributed by atoms with Crippen molar-refractivity contribution in [1.82, 2.24) is 14.9 Å². The zero-order chi connectivity index (χ0) is 16.1. The van der Waals surface area contributed by atoms with Crippen LogP contribution in [0.3, 0.4) is 0 Å². The van der Waals surface area contributed by atoms with Crippen LogP contribution >= 0.6 is 11.8 Å². The number of hydrogen-bond donors (Lipinski definition) is 0. The molecule has 0 aromatic carbocycles. The van der Waals surface area contributed by atoms with E-state index in [0.29, 0.717) is 6.10 Å². The molecule has 1 fully saturated rings. The number of hydrogen-bond acceptors (Lipinski definition) is 6. The summed E-state index contributed by atoms with van der Waals surface area (Å²) in [5.41, 5.74) is 1.11. The van der Waals surface area contributed by atoms with Crippen molar-refractivity contribution in [2.75, 3.05) is 19.4 Å². The summed E-state index contributed by atoms with van der Waals surface area (Å²) in [6, 6.07) is 4.06. The fraction of sp³-hybridized carbons (Fsp3) is 0.529. The molecule has 2 aromatic rings.